The Morgan fingerprint density at radius 1 is 0.750 bits per heavy atom. The Kier molecular flexibility index (Phi) is 3.44. The van der Waals surface area contributed by atoms with Crippen LogP contribution in [-0.4, -0.2) is 10.9 Å². The molecule has 0 aliphatic heterocycles. The number of phenols is 1. The summed E-state index contributed by atoms with van der Waals surface area (Å²) in [4.78, 5) is 11.8. The summed E-state index contributed by atoms with van der Waals surface area (Å²) < 4.78 is 65.7. The molecule has 0 bridgehead atoms. The first-order chi connectivity index (χ1) is 9.34. The molecule has 0 unspecified atom stereocenters. The molecule has 7 heteroatoms. The van der Waals surface area contributed by atoms with Crippen molar-refractivity contribution >= 4 is 5.78 Å². The quantitative estimate of drug-likeness (QED) is 0.398. The van der Waals surface area contributed by atoms with Crippen molar-refractivity contribution in [3.05, 3.63) is 64.5 Å². The highest BCUT2D eigenvalue weighted by atomic mass is 19.2. The van der Waals surface area contributed by atoms with E-state index in [9.17, 15) is 26.7 Å². The predicted molar refractivity (Wildman–Crippen MR) is 57.8 cm³/mol. The summed E-state index contributed by atoms with van der Waals surface area (Å²) >= 11 is 0. The molecule has 0 saturated heterocycles. The summed E-state index contributed by atoms with van der Waals surface area (Å²) in [6.07, 6.45) is 0. The number of halogens is 5. The lowest BCUT2D eigenvalue weighted by Crippen LogP contribution is -2.13. The molecule has 2 aromatic carbocycles. The Bertz CT molecular complexity index is 666. The van der Waals surface area contributed by atoms with E-state index in [0.717, 1.165) is 24.3 Å². The average molecular weight is 288 g/mol. The Morgan fingerprint density at radius 3 is 1.60 bits per heavy atom. The van der Waals surface area contributed by atoms with Crippen LogP contribution in [0, 0.1) is 29.1 Å². The van der Waals surface area contributed by atoms with Gasteiger partial charge in [-0.15, -0.1) is 0 Å². The fourth-order valence-corrected chi connectivity index (χ4v) is 1.56. The topological polar surface area (TPSA) is 37.3 Å². The molecule has 104 valence electrons. The summed E-state index contributed by atoms with van der Waals surface area (Å²) in [5, 5.41) is 9.01. The largest absolute Gasteiger partial charge is 0.508 e. The van der Waals surface area contributed by atoms with Gasteiger partial charge in [0, 0.05) is 5.56 Å². The number of rotatable bonds is 2. The van der Waals surface area contributed by atoms with E-state index in [4.69, 9.17) is 5.11 Å². The van der Waals surface area contributed by atoms with Crippen LogP contribution in [0.1, 0.15) is 15.9 Å². The number of aromatic hydroxyl groups is 1. The highest BCUT2D eigenvalue weighted by molar-refractivity contribution is 6.09. The number of ketones is 1. The minimum absolute atomic E-state index is 0.223. The van der Waals surface area contributed by atoms with E-state index < -0.39 is 40.4 Å². The van der Waals surface area contributed by atoms with E-state index >= 15 is 0 Å². The van der Waals surface area contributed by atoms with E-state index in [1.807, 2.05) is 0 Å². The third-order valence-corrected chi connectivity index (χ3v) is 2.57. The van der Waals surface area contributed by atoms with Crippen LogP contribution in [-0.2, 0) is 0 Å². The zero-order chi connectivity index (χ0) is 15.0. The zero-order valence-corrected chi connectivity index (χ0v) is 9.55. The van der Waals surface area contributed by atoms with Crippen LogP contribution in [0.25, 0.3) is 0 Å². The molecular weight excluding hydrogens is 283 g/mol. The van der Waals surface area contributed by atoms with Gasteiger partial charge in [0.25, 0.3) is 0 Å². The molecule has 0 amide bonds. The van der Waals surface area contributed by atoms with E-state index in [-0.39, 0.29) is 11.3 Å². The molecule has 2 aromatic rings. The van der Waals surface area contributed by atoms with E-state index in [0.29, 0.717) is 0 Å². The Morgan fingerprint density at radius 2 is 1.15 bits per heavy atom. The number of hydrogen-bond acceptors (Lipinski definition) is 2. The summed E-state index contributed by atoms with van der Waals surface area (Å²) in [6.45, 7) is 0. The Balaban J connectivity index is 2.64. The van der Waals surface area contributed by atoms with E-state index in [1.54, 1.807) is 0 Å². The molecule has 0 heterocycles. The predicted octanol–water partition coefficient (Wildman–Crippen LogP) is 3.32. The molecule has 2 rings (SSSR count). The number of carbonyl (C=O) groups is 1. The maximum atomic E-state index is 13.4. The van der Waals surface area contributed by atoms with Gasteiger partial charge in [0.05, 0.1) is 0 Å². The van der Waals surface area contributed by atoms with Crippen molar-refractivity contribution < 1.29 is 31.9 Å². The molecule has 2 nitrogen and oxygen atoms in total. The Labute approximate surface area is 109 Å². The number of hydrogen-bond donors (Lipinski definition) is 1. The van der Waals surface area contributed by atoms with Gasteiger partial charge in [-0.1, -0.05) is 0 Å². The lowest BCUT2D eigenvalue weighted by Gasteiger charge is -2.07. The maximum absolute atomic E-state index is 13.4. The molecule has 20 heavy (non-hydrogen) atoms. The maximum Gasteiger partial charge on any atom is 0.200 e. The number of phenolic OH excluding ortho intramolecular Hbond substituents is 1. The second-order valence-corrected chi connectivity index (χ2v) is 3.82. The fraction of sp³-hybridized carbons (Fsp3) is 0. The third kappa shape index (κ3) is 2.11. The van der Waals surface area contributed by atoms with Crippen molar-refractivity contribution in [3.63, 3.8) is 0 Å². The first kappa shape index (κ1) is 14.0. The molecule has 0 fully saturated rings. The van der Waals surface area contributed by atoms with Gasteiger partial charge >= 0.3 is 0 Å². The minimum atomic E-state index is -2.33. The second kappa shape index (κ2) is 4.92. The SMILES string of the molecule is O=C(c1ccc(O)cc1)c1c(F)c(F)c(F)c(F)c1F. The van der Waals surface area contributed by atoms with E-state index in [2.05, 4.69) is 0 Å². The lowest BCUT2D eigenvalue weighted by molar-refractivity contribution is 0.102. The summed E-state index contributed by atoms with van der Waals surface area (Å²) in [5.41, 5.74) is -1.86. The molecule has 0 spiro atoms. The third-order valence-electron chi connectivity index (χ3n) is 2.57. The highest BCUT2D eigenvalue weighted by Gasteiger charge is 2.30. The molecule has 1 N–H and O–H groups in total. The van der Waals surface area contributed by atoms with Crippen LogP contribution in [0.3, 0.4) is 0 Å². The van der Waals surface area contributed by atoms with Crippen LogP contribution in [0.2, 0.25) is 0 Å². The minimum Gasteiger partial charge on any atom is -0.508 e. The van der Waals surface area contributed by atoms with Crippen LogP contribution in [0.15, 0.2) is 24.3 Å². The fourth-order valence-electron chi connectivity index (χ4n) is 1.56. The van der Waals surface area contributed by atoms with Gasteiger partial charge in [0.2, 0.25) is 5.82 Å². The molecule has 0 saturated carbocycles. The van der Waals surface area contributed by atoms with Crippen molar-refractivity contribution in [2.75, 3.05) is 0 Å². The zero-order valence-electron chi connectivity index (χ0n) is 9.55. The number of benzene rings is 2. The Hall–Kier alpha value is -2.44. The summed E-state index contributed by atoms with van der Waals surface area (Å²) in [5.74, 6) is -12.7. The van der Waals surface area contributed by atoms with Gasteiger partial charge in [-0.2, -0.15) is 0 Å². The van der Waals surface area contributed by atoms with E-state index in [1.165, 1.54) is 0 Å². The van der Waals surface area contributed by atoms with Crippen molar-refractivity contribution in [2.24, 2.45) is 0 Å². The average Bonchev–Trinajstić information content (AvgIpc) is 2.44. The van der Waals surface area contributed by atoms with Crippen LogP contribution < -0.4 is 0 Å². The van der Waals surface area contributed by atoms with Gasteiger partial charge in [0.15, 0.2) is 29.1 Å². The molecule has 0 atom stereocenters. The van der Waals surface area contributed by atoms with Crippen molar-refractivity contribution in [1.82, 2.24) is 0 Å². The van der Waals surface area contributed by atoms with Gasteiger partial charge in [0.1, 0.15) is 11.3 Å². The van der Waals surface area contributed by atoms with Crippen LogP contribution in [0.4, 0.5) is 22.0 Å². The lowest BCUT2D eigenvalue weighted by atomic mass is 10.0. The van der Waals surface area contributed by atoms with Crippen LogP contribution in [0.5, 0.6) is 5.75 Å². The normalized spacial score (nSPS) is 10.7. The molecule has 0 aliphatic carbocycles. The van der Waals surface area contributed by atoms with Gasteiger partial charge in [-0.05, 0) is 24.3 Å². The van der Waals surface area contributed by atoms with Gasteiger partial charge in [-0.3, -0.25) is 4.79 Å². The molecule has 0 aliphatic rings. The monoisotopic (exact) mass is 288 g/mol. The first-order valence-corrected chi connectivity index (χ1v) is 5.19. The molecular formula is C13H5F5O2. The molecule has 0 aromatic heterocycles. The van der Waals surface area contributed by atoms with Gasteiger partial charge in [-0.25, -0.2) is 22.0 Å². The van der Waals surface area contributed by atoms with Crippen LogP contribution >= 0.6 is 0 Å². The molecule has 0 radical (unpaired) electrons. The smallest absolute Gasteiger partial charge is 0.200 e. The summed E-state index contributed by atoms with van der Waals surface area (Å²) in [7, 11) is 0. The highest BCUT2D eigenvalue weighted by Crippen LogP contribution is 2.25. The van der Waals surface area contributed by atoms with Gasteiger partial charge < -0.3 is 5.11 Å². The standard InChI is InChI=1S/C13H5F5O2/c14-8-7(9(15)11(17)12(18)10(8)16)13(20)5-1-3-6(19)4-2-5/h1-4,19H. The second-order valence-electron chi connectivity index (χ2n) is 3.82. The van der Waals surface area contributed by atoms with Crippen molar-refractivity contribution in [2.45, 2.75) is 0 Å². The van der Waals surface area contributed by atoms with Crippen molar-refractivity contribution in [3.8, 4) is 5.75 Å². The van der Waals surface area contributed by atoms with Crippen molar-refractivity contribution in [1.29, 1.82) is 0 Å². The number of carbonyl (C=O) groups excluding carboxylic acids is 1. The first-order valence-electron chi connectivity index (χ1n) is 5.19. The summed E-state index contributed by atoms with van der Waals surface area (Å²) in [6, 6.07) is 4.07.